The Balaban J connectivity index is 1.68. The van der Waals surface area contributed by atoms with Crippen LogP contribution in [0.2, 0.25) is 0 Å². The Morgan fingerprint density at radius 1 is 1.40 bits per heavy atom. The van der Waals surface area contributed by atoms with E-state index >= 15 is 0 Å². The first-order valence-electron chi connectivity index (χ1n) is 6.82. The highest BCUT2D eigenvalue weighted by Crippen LogP contribution is 2.20. The summed E-state index contributed by atoms with van der Waals surface area (Å²) in [5.41, 5.74) is 0.833. The van der Waals surface area contributed by atoms with Gasteiger partial charge in [-0.2, -0.15) is 4.98 Å². The third-order valence-electron chi connectivity index (χ3n) is 3.41. The van der Waals surface area contributed by atoms with Gasteiger partial charge in [0.2, 0.25) is 0 Å². The van der Waals surface area contributed by atoms with Gasteiger partial charge in [0.15, 0.2) is 5.82 Å². The van der Waals surface area contributed by atoms with E-state index < -0.39 is 0 Å². The van der Waals surface area contributed by atoms with Gasteiger partial charge in [-0.3, -0.25) is 0 Å². The second-order valence-corrected chi connectivity index (χ2v) is 5.07. The molecule has 2 aromatic heterocycles. The zero-order chi connectivity index (χ0) is 13.9. The van der Waals surface area contributed by atoms with Crippen molar-refractivity contribution in [3.63, 3.8) is 0 Å². The highest BCUT2D eigenvalue weighted by atomic mass is 16.5. The lowest BCUT2D eigenvalue weighted by atomic mass is 10.2. The van der Waals surface area contributed by atoms with Crippen LogP contribution < -0.4 is 4.90 Å². The Bertz CT molecular complexity index is 561. The van der Waals surface area contributed by atoms with E-state index in [9.17, 15) is 0 Å². The number of ether oxygens (including phenoxy) is 1. The maximum atomic E-state index is 5.64. The van der Waals surface area contributed by atoms with E-state index in [1.807, 2.05) is 19.2 Å². The van der Waals surface area contributed by atoms with Crippen molar-refractivity contribution in [2.24, 2.45) is 0 Å². The third kappa shape index (κ3) is 2.80. The van der Waals surface area contributed by atoms with Crippen LogP contribution in [0.4, 0.5) is 5.82 Å². The van der Waals surface area contributed by atoms with Gasteiger partial charge in [-0.1, -0.05) is 5.16 Å². The van der Waals surface area contributed by atoms with Crippen LogP contribution in [0.3, 0.4) is 0 Å². The van der Waals surface area contributed by atoms with Crippen molar-refractivity contribution in [3.8, 4) is 11.5 Å². The molecule has 6 heteroatoms. The minimum Gasteiger partial charge on any atom is -0.376 e. The number of anilines is 1. The Morgan fingerprint density at radius 2 is 2.30 bits per heavy atom. The number of pyridine rings is 1. The Labute approximate surface area is 117 Å². The molecule has 1 saturated heterocycles. The van der Waals surface area contributed by atoms with E-state index in [1.54, 1.807) is 13.1 Å². The molecule has 3 rings (SSSR count). The molecular weight excluding hydrogens is 256 g/mol. The van der Waals surface area contributed by atoms with Crippen molar-refractivity contribution >= 4 is 5.82 Å². The van der Waals surface area contributed by atoms with Crippen LogP contribution in [-0.2, 0) is 4.74 Å². The molecule has 3 heterocycles. The number of hydrogen-bond acceptors (Lipinski definition) is 6. The van der Waals surface area contributed by atoms with E-state index in [1.165, 1.54) is 0 Å². The van der Waals surface area contributed by atoms with Crippen LogP contribution in [0.1, 0.15) is 18.7 Å². The molecule has 0 amide bonds. The molecule has 0 spiro atoms. The first-order chi connectivity index (χ1) is 9.72. The Hall–Kier alpha value is -1.95. The summed E-state index contributed by atoms with van der Waals surface area (Å²) >= 11 is 0. The number of aromatic nitrogens is 3. The van der Waals surface area contributed by atoms with Crippen LogP contribution in [0.5, 0.6) is 0 Å². The highest BCUT2D eigenvalue weighted by Gasteiger charge is 2.18. The van der Waals surface area contributed by atoms with Gasteiger partial charge in [0.05, 0.1) is 11.7 Å². The van der Waals surface area contributed by atoms with Gasteiger partial charge in [0, 0.05) is 26.4 Å². The predicted octanol–water partition coefficient (Wildman–Crippen LogP) is 2.06. The molecule has 6 nitrogen and oxygen atoms in total. The van der Waals surface area contributed by atoms with Gasteiger partial charge in [0.1, 0.15) is 5.82 Å². The van der Waals surface area contributed by atoms with Crippen LogP contribution in [-0.4, -0.2) is 41.4 Å². The van der Waals surface area contributed by atoms with Gasteiger partial charge >= 0.3 is 0 Å². The first kappa shape index (κ1) is 13.1. The molecule has 0 aromatic carbocycles. The molecule has 106 valence electrons. The lowest BCUT2D eigenvalue weighted by molar-refractivity contribution is 0.116. The largest absolute Gasteiger partial charge is 0.376 e. The molecule has 0 bridgehead atoms. The summed E-state index contributed by atoms with van der Waals surface area (Å²) in [6.45, 7) is 3.54. The Morgan fingerprint density at radius 3 is 2.90 bits per heavy atom. The van der Waals surface area contributed by atoms with Crippen molar-refractivity contribution in [3.05, 3.63) is 24.2 Å². The van der Waals surface area contributed by atoms with E-state index in [4.69, 9.17) is 9.26 Å². The molecule has 1 aliphatic heterocycles. The highest BCUT2D eigenvalue weighted by molar-refractivity contribution is 5.54. The quantitative estimate of drug-likeness (QED) is 0.850. The van der Waals surface area contributed by atoms with Crippen LogP contribution in [0, 0.1) is 6.92 Å². The van der Waals surface area contributed by atoms with Crippen molar-refractivity contribution in [1.82, 2.24) is 15.1 Å². The van der Waals surface area contributed by atoms with Gasteiger partial charge in [-0.25, -0.2) is 4.98 Å². The average Bonchev–Trinajstić information content (AvgIpc) is 3.10. The fourth-order valence-corrected chi connectivity index (χ4v) is 2.34. The Kier molecular flexibility index (Phi) is 3.64. The molecule has 0 radical (unpaired) electrons. The lowest BCUT2D eigenvalue weighted by Gasteiger charge is -2.21. The van der Waals surface area contributed by atoms with Gasteiger partial charge in [0.25, 0.3) is 5.89 Å². The van der Waals surface area contributed by atoms with Gasteiger partial charge in [-0.05, 0) is 31.9 Å². The molecular formula is C14H18N4O2. The van der Waals surface area contributed by atoms with Crippen molar-refractivity contribution < 1.29 is 9.26 Å². The molecule has 1 aliphatic rings. The summed E-state index contributed by atoms with van der Waals surface area (Å²) in [7, 11) is 2.03. The average molecular weight is 274 g/mol. The number of rotatable bonds is 4. The molecule has 0 aliphatic carbocycles. The van der Waals surface area contributed by atoms with E-state index in [2.05, 4.69) is 20.0 Å². The summed E-state index contributed by atoms with van der Waals surface area (Å²) in [6.07, 6.45) is 4.36. The van der Waals surface area contributed by atoms with Gasteiger partial charge < -0.3 is 14.2 Å². The van der Waals surface area contributed by atoms with E-state index in [0.717, 1.165) is 37.4 Å². The topological polar surface area (TPSA) is 64.3 Å². The smallest absolute Gasteiger partial charge is 0.259 e. The molecule has 0 N–H and O–H groups in total. The van der Waals surface area contributed by atoms with E-state index in [-0.39, 0.29) is 0 Å². The second-order valence-electron chi connectivity index (χ2n) is 5.07. The van der Waals surface area contributed by atoms with Crippen molar-refractivity contribution in [2.45, 2.75) is 25.9 Å². The molecule has 1 fully saturated rings. The van der Waals surface area contributed by atoms with Crippen LogP contribution >= 0.6 is 0 Å². The molecule has 0 saturated carbocycles. The summed E-state index contributed by atoms with van der Waals surface area (Å²) in [6, 6.07) is 3.91. The fraction of sp³-hybridized carbons (Fsp3) is 0.500. The predicted molar refractivity (Wildman–Crippen MR) is 74.5 cm³/mol. The first-order valence-corrected chi connectivity index (χ1v) is 6.82. The van der Waals surface area contributed by atoms with Crippen LogP contribution in [0.25, 0.3) is 11.5 Å². The standard InChI is InChI=1S/C14H18N4O2/c1-10-16-14(20-17-10)11-5-6-13(15-8-11)18(2)9-12-4-3-7-19-12/h5-6,8,12H,3-4,7,9H2,1-2H3. The maximum absolute atomic E-state index is 5.64. The summed E-state index contributed by atoms with van der Waals surface area (Å²) in [4.78, 5) is 10.7. The number of aryl methyl sites for hydroxylation is 1. The lowest BCUT2D eigenvalue weighted by Crippen LogP contribution is -2.29. The fourth-order valence-electron chi connectivity index (χ4n) is 2.34. The molecule has 1 atom stereocenters. The van der Waals surface area contributed by atoms with Crippen LogP contribution in [0.15, 0.2) is 22.9 Å². The van der Waals surface area contributed by atoms with Crippen molar-refractivity contribution in [1.29, 1.82) is 0 Å². The monoisotopic (exact) mass is 274 g/mol. The van der Waals surface area contributed by atoms with Crippen molar-refractivity contribution in [2.75, 3.05) is 25.1 Å². The SMILES string of the molecule is Cc1noc(-c2ccc(N(C)CC3CCCO3)nc2)n1. The maximum Gasteiger partial charge on any atom is 0.259 e. The number of likely N-dealkylation sites (N-methyl/N-ethyl adjacent to an activating group) is 1. The van der Waals surface area contributed by atoms with Gasteiger partial charge in [-0.15, -0.1) is 0 Å². The van der Waals surface area contributed by atoms with E-state index in [0.29, 0.717) is 17.8 Å². The minimum absolute atomic E-state index is 0.320. The molecule has 1 unspecified atom stereocenters. The number of nitrogens with zero attached hydrogens (tertiary/aromatic N) is 4. The second kappa shape index (κ2) is 5.58. The molecule has 20 heavy (non-hydrogen) atoms. The molecule has 2 aromatic rings. The zero-order valence-electron chi connectivity index (χ0n) is 11.7. The summed E-state index contributed by atoms with van der Waals surface area (Å²) in [5, 5.41) is 3.78. The normalized spacial score (nSPS) is 18.4. The zero-order valence-corrected chi connectivity index (χ0v) is 11.7. The number of hydrogen-bond donors (Lipinski definition) is 0. The minimum atomic E-state index is 0.320. The third-order valence-corrected chi connectivity index (χ3v) is 3.41. The summed E-state index contributed by atoms with van der Waals surface area (Å²) in [5.74, 6) is 2.04. The summed E-state index contributed by atoms with van der Waals surface area (Å²) < 4.78 is 10.8.